The van der Waals surface area contributed by atoms with E-state index >= 15 is 0 Å². The van der Waals surface area contributed by atoms with Gasteiger partial charge in [0.25, 0.3) is 0 Å². The summed E-state index contributed by atoms with van der Waals surface area (Å²) in [6.45, 7) is 1.94. The fraction of sp³-hybridized carbons (Fsp3) is 0.750. The molecular formula is C8H16O5. The third kappa shape index (κ3) is 7.27. The predicted octanol–water partition coefficient (Wildman–Crippen LogP) is 0.527. The lowest BCUT2D eigenvalue weighted by molar-refractivity contribution is -0.148. The molecule has 0 spiro atoms. The normalized spacial score (nSPS) is 11.5. The van der Waals surface area contributed by atoms with Gasteiger partial charge in [0.2, 0.25) is 0 Å². The van der Waals surface area contributed by atoms with Crippen LogP contribution < -0.4 is 0 Å². The summed E-state index contributed by atoms with van der Waals surface area (Å²) < 4.78 is 0. The van der Waals surface area contributed by atoms with Crippen molar-refractivity contribution in [3.63, 3.8) is 0 Å². The molecule has 0 fully saturated rings. The minimum absolute atomic E-state index is 0. The average molecular weight is 192 g/mol. The second-order valence-corrected chi connectivity index (χ2v) is 2.78. The highest BCUT2D eigenvalue weighted by Crippen LogP contribution is 2.12. The van der Waals surface area contributed by atoms with E-state index in [-0.39, 0.29) is 11.9 Å². The first-order chi connectivity index (χ1) is 5.57. The third-order valence-electron chi connectivity index (χ3n) is 1.68. The molecule has 0 radical (unpaired) electrons. The first kappa shape index (κ1) is 14.4. The Morgan fingerprint density at radius 2 is 1.85 bits per heavy atom. The Kier molecular flexibility index (Phi) is 8.37. The Hall–Kier alpha value is -1.10. The van der Waals surface area contributed by atoms with Crippen molar-refractivity contribution < 1.29 is 25.3 Å². The number of rotatable bonds is 6. The van der Waals surface area contributed by atoms with Gasteiger partial charge in [0.1, 0.15) is 0 Å². The number of aliphatic carboxylic acids is 2. The van der Waals surface area contributed by atoms with E-state index in [1.54, 1.807) is 0 Å². The van der Waals surface area contributed by atoms with E-state index in [0.717, 1.165) is 12.8 Å². The lowest BCUT2D eigenvalue weighted by Gasteiger charge is -2.07. The zero-order valence-corrected chi connectivity index (χ0v) is 7.62. The number of hydrogen-bond donors (Lipinski definition) is 2. The highest BCUT2D eigenvalue weighted by atomic mass is 16.4. The van der Waals surface area contributed by atoms with Gasteiger partial charge in [0.05, 0.1) is 12.3 Å². The molecule has 0 aliphatic carbocycles. The minimum atomic E-state index is -1.04. The van der Waals surface area contributed by atoms with Crippen LogP contribution in [0.2, 0.25) is 0 Å². The summed E-state index contributed by atoms with van der Waals surface area (Å²) in [4.78, 5) is 20.7. The van der Waals surface area contributed by atoms with Crippen molar-refractivity contribution in [2.75, 3.05) is 0 Å². The second-order valence-electron chi connectivity index (χ2n) is 2.78. The molecule has 0 aromatic carbocycles. The molecule has 0 aliphatic rings. The largest absolute Gasteiger partial charge is 0.481 e. The van der Waals surface area contributed by atoms with Crippen LogP contribution in [0.5, 0.6) is 0 Å². The molecule has 13 heavy (non-hydrogen) atoms. The van der Waals surface area contributed by atoms with E-state index in [0.29, 0.717) is 6.42 Å². The minimum Gasteiger partial charge on any atom is -0.481 e. The van der Waals surface area contributed by atoms with Crippen molar-refractivity contribution in [2.24, 2.45) is 5.92 Å². The number of unbranched alkanes of at least 4 members (excludes halogenated alkanes) is 1. The van der Waals surface area contributed by atoms with Gasteiger partial charge in [-0.05, 0) is 6.42 Å². The van der Waals surface area contributed by atoms with E-state index < -0.39 is 17.9 Å². The molecular weight excluding hydrogens is 176 g/mol. The number of carbonyl (C=O) groups is 2. The van der Waals surface area contributed by atoms with E-state index in [9.17, 15) is 9.59 Å². The van der Waals surface area contributed by atoms with E-state index in [2.05, 4.69) is 0 Å². The first-order valence-electron chi connectivity index (χ1n) is 4.02. The summed E-state index contributed by atoms with van der Waals surface area (Å²) in [7, 11) is 0. The van der Waals surface area contributed by atoms with Gasteiger partial charge in [-0.3, -0.25) is 9.59 Å². The monoisotopic (exact) mass is 192 g/mol. The first-order valence-corrected chi connectivity index (χ1v) is 4.02. The van der Waals surface area contributed by atoms with Crippen LogP contribution >= 0.6 is 0 Å². The summed E-state index contributed by atoms with van der Waals surface area (Å²) in [5.74, 6) is -2.77. The standard InChI is InChI=1S/C8H14O4.H2O/c1-2-3-4-6(8(11)12)5-7(9)10;/h6H,2-5H2,1H3,(H,9,10)(H,11,12);1H2. The van der Waals surface area contributed by atoms with Gasteiger partial charge < -0.3 is 15.7 Å². The third-order valence-corrected chi connectivity index (χ3v) is 1.68. The van der Waals surface area contributed by atoms with E-state index in [4.69, 9.17) is 10.2 Å². The van der Waals surface area contributed by atoms with Gasteiger partial charge in [0, 0.05) is 0 Å². The van der Waals surface area contributed by atoms with Crippen LogP contribution in [0.3, 0.4) is 0 Å². The fourth-order valence-electron chi connectivity index (χ4n) is 0.974. The quantitative estimate of drug-likeness (QED) is 0.640. The summed E-state index contributed by atoms with van der Waals surface area (Å²) >= 11 is 0. The van der Waals surface area contributed by atoms with Crippen molar-refractivity contribution in [1.82, 2.24) is 0 Å². The average Bonchev–Trinajstić information content (AvgIpc) is 1.96. The molecule has 0 aromatic heterocycles. The molecule has 0 aliphatic heterocycles. The van der Waals surface area contributed by atoms with Crippen LogP contribution in [0.25, 0.3) is 0 Å². The lowest BCUT2D eigenvalue weighted by Crippen LogP contribution is -2.17. The second kappa shape index (κ2) is 7.54. The van der Waals surface area contributed by atoms with Crippen LogP contribution in [0.15, 0.2) is 0 Å². The van der Waals surface area contributed by atoms with E-state index in [1.807, 2.05) is 6.92 Å². The molecule has 1 unspecified atom stereocenters. The summed E-state index contributed by atoms with van der Waals surface area (Å²) in [6, 6.07) is 0. The fourth-order valence-corrected chi connectivity index (χ4v) is 0.974. The molecule has 0 saturated carbocycles. The Labute approximate surface area is 76.7 Å². The Balaban J connectivity index is 0. The molecule has 78 valence electrons. The molecule has 5 nitrogen and oxygen atoms in total. The van der Waals surface area contributed by atoms with Crippen LogP contribution in [-0.4, -0.2) is 27.6 Å². The molecule has 0 amide bonds. The topological polar surface area (TPSA) is 106 Å². The van der Waals surface area contributed by atoms with Crippen molar-refractivity contribution in [3.8, 4) is 0 Å². The van der Waals surface area contributed by atoms with Crippen molar-refractivity contribution in [1.29, 1.82) is 0 Å². The number of carboxylic acids is 2. The maximum Gasteiger partial charge on any atom is 0.307 e. The van der Waals surface area contributed by atoms with Gasteiger partial charge in [-0.25, -0.2) is 0 Å². The maximum absolute atomic E-state index is 10.5. The van der Waals surface area contributed by atoms with Gasteiger partial charge in [0.15, 0.2) is 0 Å². The van der Waals surface area contributed by atoms with Crippen molar-refractivity contribution >= 4 is 11.9 Å². The summed E-state index contributed by atoms with van der Waals surface area (Å²) in [5.41, 5.74) is 0. The van der Waals surface area contributed by atoms with Crippen LogP contribution in [0.1, 0.15) is 32.6 Å². The smallest absolute Gasteiger partial charge is 0.307 e. The molecule has 0 rings (SSSR count). The van der Waals surface area contributed by atoms with Gasteiger partial charge in [-0.2, -0.15) is 0 Å². The zero-order valence-electron chi connectivity index (χ0n) is 7.62. The Morgan fingerprint density at radius 1 is 1.31 bits per heavy atom. The van der Waals surface area contributed by atoms with Crippen LogP contribution in [-0.2, 0) is 9.59 Å². The highest BCUT2D eigenvalue weighted by molar-refractivity contribution is 5.77. The zero-order chi connectivity index (χ0) is 9.56. The molecule has 5 heteroatoms. The predicted molar refractivity (Wildman–Crippen MR) is 46.5 cm³/mol. The van der Waals surface area contributed by atoms with Crippen LogP contribution in [0.4, 0.5) is 0 Å². The van der Waals surface area contributed by atoms with Gasteiger partial charge in [-0.1, -0.05) is 19.8 Å². The van der Waals surface area contributed by atoms with Crippen molar-refractivity contribution in [2.45, 2.75) is 32.6 Å². The molecule has 0 bridgehead atoms. The number of hydrogen-bond acceptors (Lipinski definition) is 2. The lowest BCUT2D eigenvalue weighted by atomic mass is 9.99. The molecule has 1 atom stereocenters. The molecule has 0 aromatic rings. The van der Waals surface area contributed by atoms with Crippen LogP contribution in [0, 0.1) is 5.92 Å². The van der Waals surface area contributed by atoms with Gasteiger partial charge in [-0.15, -0.1) is 0 Å². The molecule has 0 saturated heterocycles. The van der Waals surface area contributed by atoms with Gasteiger partial charge >= 0.3 is 11.9 Å². The Morgan fingerprint density at radius 3 is 2.15 bits per heavy atom. The van der Waals surface area contributed by atoms with Crippen molar-refractivity contribution in [3.05, 3.63) is 0 Å². The number of carboxylic acid groups (broad SMARTS) is 2. The summed E-state index contributed by atoms with van der Waals surface area (Å²) in [5, 5.41) is 17.0. The Bertz CT molecular complexity index is 166. The molecule has 4 N–H and O–H groups in total. The molecule has 0 heterocycles. The maximum atomic E-state index is 10.5. The SMILES string of the molecule is CCCCC(CC(=O)O)C(=O)O.O. The highest BCUT2D eigenvalue weighted by Gasteiger charge is 2.19. The van der Waals surface area contributed by atoms with E-state index in [1.165, 1.54) is 0 Å². The summed E-state index contributed by atoms with van der Waals surface area (Å²) in [6.07, 6.45) is 1.85.